The second kappa shape index (κ2) is 5.27. The van der Waals surface area contributed by atoms with Gasteiger partial charge in [-0.25, -0.2) is 8.42 Å². The number of rotatable bonds is 4. The van der Waals surface area contributed by atoms with Crippen molar-refractivity contribution < 1.29 is 13.2 Å². The quantitative estimate of drug-likeness (QED) is 0.782. The van der Waals surface area contributed by atoms with Crippen molar-refractivity contribution in [3.8, 4) is 0 Å². The summed E-state index contributed by atoms with van der Waals surface area (Å²) in [5.41, 5.74) is 0. The van der Waals surface area contributed by atoms with Crippen LogP contribution < -0.4 is 0 Å². The van der Waals surface area contributed by atoms with Gasteiger partial charge in [-0.05, 0) is 45.4 Å². The first-order valence-corrected chi connectivity index (χ1v) is 8.04. The predicted molar refractivity (Wildman–Crippen MR) is 70.9 cm³/mol. The van der Waals surface area contributed by atoms with Gasteiger partial charge in [-0.2, -0.15) is 0 Å². The summed E-state index contributed by atoms with van der Waals surface area (Å²) in [5, 5.41) is -0.175. The third kappa shape index (κ3) is 2.84. The fourth-order valence-electron chi connectivity index (χ4n) is 2.34. The maximum atomic E-state index is 12.6. The molecule has 0 unspecified atom stereocenters. The zero-order chi connectivity index (χ0) is 13.3. The van der Waals surface area contributed by atoms with E-state index in [1.807, 2.05) is 27.7 Å². The summed E-state index contributed by atoms with van der Waals surface area (Å²) < 4.78 is 29.9. The third-order valence-corrected chi connectivity index (χ3v) is 7.80. The van der Waals surface area contributed by atoms with Crippen molar-refractivity contribution in [2.75, 3.05) is 7.11 Å². The number of ether oxygens (including phenoxy) is 1. The molecule has 0 bridgehead atoms. The average Bonchev–Trinajstić information content (AvgIpc) is 2.28. The molecule has 102 valence electrons. The molecule has 17 heavy (non-hydrogen) atoms. The Hall–Kier alpha value is -0.0900. The van der Waals surface area contributed by atoms with Crippen molar-refractivity contribution in [1.82, 2.24) is 0 Å². The molecule has 1 rings (SSSR count). The maximum absolute atomic E-state index is 12.6. The van der Waals surface area contributed by atoms with Gasteiger partial charge in [0.25, 0.3) is 0 Å². The maximum Gasteiger partial charge on any atom is 0.158 e. The van der Waals surface area contributed by atoms with Gasteiger partial charge in [-0.3, -0.25) is 0 Å². The van der Waals surface area contributed by atoms with E-state index in [-0.39, 0.29) is 17.3 Å². The summed E-state index contributed by atoms with van der Waals surface area (Å²) in [6.07, 6.45) is 3.49. The number of methoxy groups -OCH3 is 1. The lowest BCUT2D eigenvalue weighted by molar-refractivity contribution is 0.0715. The van der Waals surface area contributed by atoms with Gasteiger partial charge in [0.05, 0.1) is 16.1 Å². The molecule has 0 atom stereocenters. The molecule has 4 heteroatoms. The van der Waals surface area contributed by atoms with E-state index in [9.17, 15) is 8.42 Å². The van der Waals surface area contributed by atoms with Crippen molar-refractivity contribution in [1.29, 1.82) is 0 Å². The van der Waals surface area contributed by atoms with E-state index in [4.69, 9.17) is 4.74 Å². The van der Waals surface area contributed by atoms with Gasteiger partial charge in [0, 0.05) is 7.11 Å². The van der Waals surface area contributed by atoms with Gasteiger partial charge in [-0.15, -0.1) is 0 Å². The molecule has 0 N–H and O–H groups in total. The van der Waals surface area contributed by atoms with E-state index in [0.29, 0.717) is 0 Å². The molecule has 1 aliphatic carbocycles. The summed E-state index contributed by atoms with van der Waals surface area (Å²) >= 11 is 0. The highest BCUT2D eigenvalue weighted by Gasteiger charge is 2.43. The van der Waals surface area contributed by atoms with E-state index in [2.05, 4.69) is 0 Å². The molecule has 0 radical (unpaired) electrons. The van der Waals surface area contributed by atoms with Gasteiger partial charge in [0.2, 0.25) is 0 Å². The summed E-state index contributed by atoms with van der Waals surface area (Å²) in [6.45, 7) is 7.68. The van der Waals surface area contributed by atoms with Crippen LogP contribution in [0.1, 0.15) is 53.4 Å². The Balaban J connectivity index is 2.80. The Morgan fingerprint density at radius 2 is 1.59 bits per heavy atom. The summed E-state index contributed by atoms with van der Waals surface area (Å²) in [4.78, 5) is 0. The molecule has 0 heterocycles. The van der Waals surface area contributed by atoms with Crippen LogP contribution in [0.25, 0.3) is 0 Å². The summed E-state index contributed by atoms with van der Waals surface area (Å²) in [5.74, 6) is 0.146. The van der Waals surface area contributed by atoms with Crippen molar-refractivity contribution in [3.05, 3.63) is 0 Å². The predicted octanol–water partition coefficient (Wildman–Crippen LogP) is 2.79. The van der Waals surface area contributed by atoms with E-state index < -0.39 is 14.6 Å². The van der Waals surface area contributed by atoms with Crippen molar-refractivity contribution in [2.45, 2.75) is 69.5 Å². The Kier molecular flexibility index (Phi) is 4.64. The lowest BCUT2D eigenvalue weighted by Crippen LogP contribution is -2.45. The molecule has 0 spiro atoms. The van der Waals surface area contributed by atoms with Crippen LogP contribution in [-0.4, -0.2) is 31.6 Å². The molecule has 0 aromatic rings. The van der Waals surface area contributed by atoms with Crippen LogP contribution in [0, 0.1) is 5.92 Å². The Labute approximate surface area is 106 Å². The van der Waals surface area contributed by atoms with Crippen LogP contribution in [0.5, 0.6) is 0 Å². The average molecular weight is 262 g/mol. The molecule has 1 saturated carbocycles. The van der Waals surface area contributed by atoms with Gasteiger partial charge >= 0.3 is 0 Å². The first-order chi connectivity index (χ1) is 7.73. The standard InChI is InChI=1S/C13H26O3S/c1-10(2)13(3,4)17(14,15)12-8-6-11(16-5)7-9-12/h10-12H,6-9H2,1-5H3/t11-,12+. The smallest absolute Gasteiger partial charge is 0.158 e. The van der Waals surface area contributed by atoms with Gasteiger partial charge in [0.1, 0.15) is 0 Å². The zero-order valence-electron chi connectivity index (χ0n) is 11.7. The van der Waals surface area contributed by atoms with Crippen molar-refractivity contribution in [3.63, 3.8) is 0 Å². The minimum Gasteiger partial charge on any atom is -0.381 e. The summed E-state index contributed by atoms with van der Waals surface area (Å²) in [6, 6.07) is 0. The highest BCUT2D eigenvalue weighted by molar-refractivity contribution is 7.93. The Bertz CT molecular complexity index is 336. The van der Waals surface area contributed by atoms with Crippen molar-refractivity contribution >= 4 is 9.84 Å². The fourth-order valence-corrected chi connectivity index (χ4v) is 4.75. The molecular formula is C13H26O3S. The van der Waals surface area contributed by atoms with Crippen LogP contribution in [0.4, 0.5) is 0 Å². The van der Waals surface area contributed by atoms with Crippen molar-refractivity contribution in [2.24, 2.45) is 5.92 Å². The lowest BCUT2D eigenvalue weighted by atomic mass is 9.97. The summed E-state index contributed by atoms with van der Waals surface area (Å²) in [7, 11) is -1.34. The van der Waals surface area contributed by atoms with Gasteiger partial charge < -0.3 is 4.74 Å². The third-order valence-electron chi connectivity index (χ3n) is 4.52. The van der Waals surface area contributed by atoms with Crippen LogP contribution in [0.3, 0.4) is 0 Å². The second-order valence-corrected chi connectivity index (χ2v) is 8.75. The lowest BCUT2D eigenvalue weighted by Gasteiger charge is -2.36. The largest absolute Gasteiger partial charge is 0.381 e. The molecule has 1 aliphatic rings. The SMILES string of the molecule is CO[C@H]1CC[C@@H](S(=O)(=O)C(C)(C)C(C)C)CC1. The molecule has 0 aliphatic heterocycles. The van der Waals surface area contributed by atoms with E-state index in [1.54, 1.807) is 7.11 Å². The Morgan fingerprint density at radius 1 is 1.12 bits per heavy atom. The topological polar surface area (TPSA) is 43.4 Å². The van der Waals surface area contributed by atoms with Crippen LogP contribution in [0.2, 0.25) is 0 Å². The molecule has 3 nitrogen and oxygen atoms in total. The normalized spacial score (nSPS) is 27.4. The first-order valence-electron chi connectivity index (χ1n) is 6.49. The molecule has 0 amide bonds. The van der Waals surface area contributed by atoms with Gasteiger partial charge in [0.15, 0.2) is 9.84 Å². The van der Waals surface area contributed by atoms with E-state index in [0.717, 1.165) is 25.7 Å². The fraction of sp³-hybridized carbons (Fsp3) is 1.00. The second-order valence-electron chi connectivity index (χ2n) is 5.94. The molecule has 1 fully saturated rings. The molecule has 0 saturated heterocycles. The molecule has 0 aromatic heterocycles. The molecule has 0 aromatic carbocycles. The minimum absolute atomic E-state index is 0.146. The highest BCUT2D eigenvalue weighted by atomic mass is 32.2. The molecular weight excluding hydrogens is 236 g/mol. The van der Waals surface area contributed by atoms with Crippen LogP contribution in [0.15, 0.2) is 0 Å². The van der Waals surface area contributed by atoms with E-state index >= 15 is 0 Å². The van der Waals surface area contributed by atoms with Crippen LogP contribution >= 0.6 is 0 Å². The Morgan fingerprint density at radius 3 is 1.94 bits per heavy atom. The monoisotopic (exact) mass is 262 g/mol. The number of hydrogen-bond acceptors (Lipinski definition) is 3. The highest BCUT2D eigenvalue weighted by Crippen LogP contribution is 2.35. The first kappa shape index (κ1) is 15.0. The number of hydrogen-bond donors (Lipinski definition) is 0. The van der Waals surface area contributed by atoms with E-state index in [1.165, 1.54) is 0 Å². The van der Waals surface area contributed by atoms with Crippen LogP contribution in [-0.2, 0) is 14.6 Å². The number of sulfone groups is 1. The minimum atomic E-state index is -3.05. The van der Waals surface area contributed by atoms with Gasteiger partial charge in [-0.1, -0.05) is 13.8 Å². The zero-order valence-corrected chi connectivity index (χ0v) is 12.5.